The van der Waals surface area contributed by atoms with Crippen LogP contribution in [-0.4, -0.2) is 25.3 Å². The molecule has 0 fully saturated rings. The molecule has 2 aromatic carbocycles. The number of benzene rings is 2. The molecule has 27 heavy (non-hydrogen) atoms. The van der Waals surface area contributed by atoms with Crippen LogP contribution < -0.4 is 14.9 Å². The van der Waals surface area contributed by atoms with Crippen molar-refractivity contribution in [3.63, 3.8) is 0 Å². The Bertz CT molecular complexity index is 869. The lowest BCUT2D eigenvalue weighted by atomic mass is 10.1. The third-order valence-electron chi connectivity index (χ3n) is 3.49. The standard InChI is InChI=1S/C20H20ClIN2O3/c1-4-8-27-19-17(22)9-14(10-18(19)26-5-2)12-23-24-20(25)15-7-6-13(3)16(21)11-15/h4,6-7,9-12H,1,5,8H2,2-3H3,(H,24,25)/b23-12-. The van der Waals surface area contributed by atoms with Crippen molar-refractivity contribution >= 4 is 46.3 Å². The molecule has 0 saturated carbocycles. The van der Waals surface area contributed by atoms with E-state index in [1.165, 1.54) is 0 Å². The van der Waals surface area contributed by atoms with E-state index in [0.29, 0.717) is 35.3 Å². The predicted octanol–water partition coefficient (Wildman–Crippen LogP) is 4.98. The second-order valence-corrected chi connectivity index (χ2v) is 7.10. The van der Waals surface area contributed by atoms with Gasteiger partial charge in [-0.2, -0.15) is 5.10 Å². The average molecular weight is 499 g/mol. The van der Waals surface area contributed by atoms with Gasteiger partial charge in [0.2, 0.25) is 0 Å². The van der Waals surface area contributed by atoms with Gasteiger partial charge in [0.05, 0.1) is 16.4 Å². The number of hydrazone groups is 1. The Kier molecular flexibility index (Phi) is 8.12. The number of rotatable bonds is 8. The van der Waals surface area contributed by atoms with E-state index in [0.717, 1.165) is 14.7 Å². The van der Waals surface area contributed by atoms with Gasteiger partial charge in [-0.3, -0.25) is 4.79 Å². The highest BCUT2D eigenvalue weighted by Gasteiger charge is 2.11. The number of halogens is 2. The number of nitrogens with one attached hydrogen (secondary N) is 1. The number of hydrogen-bond donors (Lipinski definition) is 1. The van der Waals surface area contributed by atoms with Gasteiger partial charge in [-0.1, -0.05) is 30.3 Å². The second kappa shape index (κ2) is 10.3. The molecule has 2 aromatic rings. The van der Waals surface area contributed by atoms with E-state index >= 15 is 0 Å². The zero-order valence-electron chi connectivity index (χ0n) is 15.1. The molecule has 0 heterocycles. The Morgan fingerprint density at radius 1 is 1.33 bits per heavy atom. The van der Waals surface area contributed by atoms with E-state index in [4.69, 9.17) is 21.1 Å². The monoisotopic (exact) mass is 498 g/mol. The van der Waals surface area contributed by atoms with Crippen molar-refractivity contribution in [1.29, 1.82) is 0 Å². The van der Waals surface area contributed by atoms with Crippen LogP contribution in [0.5, 0.6) is 11.5 Å². The maximum absolute atomic E-state index is 12.2. The first-order chi connectivity index (χ1) is 13.0. The summed E-state index contributed by atoms with van der Waals surface area (Å²) in [6.07, 6.45) is 3.23. The van der Waals surface area contributed by atoms with Gasteiger partial charge in [-0.15, -0.1) is 0 Å². The Hall–Kier alpha value is -2.06. The van der Waals surface area contributed by atoms with Crippen LogP contribution in [0, 0.1) is 10.5 Å². The van der Waals surface area contributed by atoms with Crippen molar-refractivity contribution < 1.29 is 14.3 Å². The molecular formula is C20H20ClIN2O3. The quantitative estimate of drug-likeness (QED) is 0.242. The van der Waals surface area contributed by atoms with Gasteiger partial charge in [0.25, 0.3) is 5.91 Å². The lowest BCUT2D eigenvalue weighted by molar-refractivity contribution is 0.0955. The van der Waals surface area contributed by atoms with Crippen molar-refractivity contribution in [2.45, 2.75) is 13.8 Å². The fourth-order valence-corrected chi connectivity index (χ4v) is 3.13. The minimum atomic E-state index is -0.334. The van der Waals surface area contributed by atoms with Gasteiger partial charge in [-0.05, 0) is 71.8 Å². The third kappa shape index (κ3) is 5.97. The van der Waals surface area contributed by atoms with Gasteiger partial charge < -0.3 is 9.47 Å². The number of nitrogens with zero attached hydrogens (tertiary/aromatic N) is 1. The summed E-state index contributed by atoms with van der Waals surface area (Å²) >= 11 is 8.22. The van der Waals surface area contributed by atoms with Crippen molar-refractivity contribution in [3.8, 4) is 11.5 Å². The van der Waals surface area contributed by atoms with Crippen LogP contribution >= 0.6 is 34.2 Å². The Morgan fingerprint density at radius 3 is 2.78 bits per heavy atom. The zero-order chi connectivity index (χ0) is 19.8. The summed E-state index contributed by atoms with van der Waals surface area (Å²) in [7, 11) is 0. The maximum Gasteiger partial charge on any atom is 0.271 e. The fourth-order valence-electron chi connectivity index (χ4n) is 2.17. The number of hydrogen-bond acceptors (Lipinski definition) is 4. The molecule has 0 aliphatic carbocycles. The molecule has 0 aromatic heterocycles. The minimum Gasteiger partial charge on any atom is -0.490 e. The van der Waals surface area contributed by atoms with E-state index in [1.807, 2.05) is 26.0 Å². The van der Waals surface area contributed by atoms with E-state index < -0.39 is 0 Å². The number of carbonyl (C=O) groups is 1. The summed E-state index contributed by atoms with van der Waals surface area (Å²) in [5.74, 6) is 0.941. The number of carbonyl (C=O) groups excluding carboxylic acids is 1. The van der Waals surface area contributed by atoms with Gasteiger partial charge in [0.1, 0.15) is 6.61 Å². The summed E-state index contributed by atoms with van der Waals surface area (Å²) in [4.78, 5) is 12.2. The van der Waals surface area contributed by atoms with Crippen LogP contribution in [-0.2, 0) is 0 Å². The van der Waals surface area contributed by atoms with E-state index in [2.05, 4.69) is 39.7 Å². The summed E-state index contributed by atoms with van der Waals surface area (Å²) in [5, 5.41) is 4.56. The fraction of sp³-hybridized carbons (Fsp3) is 0.200. The Morgan fingerprint density at radius 2 is 2.11 bits per heavy atom. The van der Waals surface area contributed by atoms with Crippen molar-refractivity contribution in [1.82, 2.24) is 5.43 Å². The second-order valence-electron chi connectivity index (χ2n) is 5.53. The molecule has 0 spiro atoms. The zero-order valence-corrected chi connectivity index (χ0v) is 18.0. The van der Waals surface area contributed by atoms with Crippen molar-refractivity contribution in [2.24, 2.45) is 5.10 Å². The third-order valence-corrected chi connectivity index (χ3v) is 4.70. The average Bonchev–Trinajstić information content (AvgIpc) is 2.63. The smallest absolute Gasteiger partial charge is 0.271 e. The van der Waals surface area contributed by atoms with Gasteiger partial charge in [0, 0.05) is 10.6 Å². The number of aryl methyl sites for hydroxylation is 1. The Balaban J connectivity index is 2.14. The first-order valence-electron chi connectivity index (χ1n) is 8.25. The molecule has 5 nitrogen and oxygen atoms in total. The topological polar surface area (TPSA) is 59.9 Å². The van der Waals surface area contributed by atoms with E-state index in [1.54, 1.807) is 30.5 Å². The van der Waals surface area contributed by atoms with E-state index in [-0.39, 0.29) is 5.91 Å². The molecular weight excluding hydrogens is 479 g/mol. The number of ether oxygens (including phenoxy) is 2. The highest BCUT2D eigenvalue weighted by atomic mass is 127. The first kappa shape index (κ1) is 21.2. The molecule has 142 valence electrons. The van der Waals surface area contributed by atoms with Gasteiger partial charge >= 0.3 is 0 Å². The van der Waals surface area contributed by atoms with Gasteiger partial charge in [-0.25, -0.2) is 5.43 Å². The molecule has 0 saturated heterocycles. The van der Waals surface area contributed by atoms with E-state index in [9.17, 15) is 4.79 Å². The molecule has 1 amide bonds. The summed E-state index contributed by atoms with van der Waals surface area (Å²) in [5.41, 5.74) is 4.63. The molecule has 7 heteroatoms. The molecule has 0 radical (unpaired) electrons. The largest absolute Gasteiger partial charge is 0.490 e. The van der Waals surface area contributed by atoms with Crippen LogP contribution in [0.4, 0.5) is 0 Å². The molecule has 0 unspecified atom stereocenters. The van der Waals surface area contributed by atoms with Crippen molar-refractivity contribution in [3.05, 3.63) is 68.3 Å². The highest BCUT2D eigenvalue weighted by Crippen LogP contribution is 2.33. The molecule has 0 aliphatic rings. The van der Waals surface area contributed by atoms with Crippen LogP contribution in [0.15, 0.2) is 48.1 Å². The van der Waals surface area contributed by atoms with Crippen LogP contribution in [0.3, 0.4) is 0 Å². The first-order valence-corrected chi connectivity index (χ1v) is 9.71. The molecule has 0 aliphatic heterocycles. The number of amides is 1. The van der Waals surface area contributed by atoms with Crippen LogP contribution in [0.25, 0.3) is 0 Å². The lowest BCUT2D eigenvalue weighted by Gasteiger charge is -2.13. The SMILES string of the molecule is C=CCOc1c(I)cc(/C=N\NC(=O)c2ccc(C)c(Cl)c2)cc1OCC. The Labute approximate surface area is 177 Å². The van der Waals surface area contributed by atoms with Crippen molar-refractivity contribution in [2.75, 3.05) is 13.2 Å². The lowest BCUT2D eigenvalue weighted by Crippen LogP contribution is -2.17. The minimum absolute atomic E-state index is 0.334. The summed E-state index contributed by atoms with van der Waals surface area (Å²) < 4.78 is 12.2. The summed E-state index contributed by atoms with van der Waals surface area (Å²) in [6.45, 7) is 8.32. The van der Waals surface area contributed by atoms with Crippen LogP contribution in [0.1, 0.15) is 28.4 Å². The van der Waals surface area contributed by atoms with Gasteiger partial charge in [0.15, 0.2) is 11.5 Å². The summed E-state index contributed by atoms with van der Waals surface area (Å²) in [6, 6.07) is 8.81. The van der Waals surface area contributed by atoms with Crippen LogP contribution in [0.2, 0.25) is 5.02 Å². The molecule has 2 rings (SSSR count). The molecule has 0 bridgehead atoms. The normalized spacial score (nSPS) is 10.7. The highest BCUT2D eigenvalue weighted by molar-refractivity contribution is 14.1. The molecule has 1 N–H and O–H groups in total. The molecule has 0 atom stereocenters. The maximum atomic E-state index is 12.2. The predicted molar refractivity (Wildman–Crippen MR) is 117 cm³/mol.